The van der Waals surface area contributed by atoms with Gasteiger partial charge in [0.05, 0.1) is 25.3 Å². The number of methoxy groups -OCH3 is 1. The molecular weight excluding hydrogens is 390 g/mol. The van der Waals surface area contributed by atoms with Gasteiger partial charge in [0.1, 0.15) is 0 Å². The highest BCUT2D eigenvalue weighted by molar-refractivity contribution is 9.10. The first-order valence-electron chi connectivity index (χ1n) is 7.33. The number of nitrogens with one attached hydrogen (secondary N) is 1. The lowest BCUT2D eigenvalue weighted by molar-refractivity contribution is 0.0600. The summed E-state index contributed by atoms with van der Waals surface area (Å²) < 4.78 is 5.54. The number of benzene rings is 2. The van der Waals surface area contributed by atoms with Crippen molar-refractivity contribution < 1.29 is 14.6 Å². The summed E-state index contributed by atoms with van der Waals surface area (Å²) in [6, 6.07) is 13.2. The lowest BCUT2D eigenvalue weighted by Gasteiger charge is -2.19. The zero-order valence-corrected chi connectivity index (χ0v) is 16.3. The summed E-state index contributed by atoms with van der Waals surface area (Å²) in [5.74, 6) is -0.363. The normalized spacial score (nSPS) is 11.5. The van der Waals surface area contributed by atoms with Gasteiger partial charge in [-0.3, -0.25) is 0 Å². The van der Waals surface area contributed by atoms with Crippen LogP contribution in [0.3, 0.4) is 0 Å². The fraction of sp³-hybridized carbons (Fsp3) is 0.278. The van der Waals surface area contributed by atoms with Crippen LogP contribution in [0.1, 0.15) is 33.1 Å². The number of rotatable bonds is 6. The van der Waals surface area contributed by atoms with E-state index in [4.69, 9.17) is 4.74 Å². The molecule has 0 fully saturated rings. The topological polar surface area (TPSA) is 58.6 Å². The van der Waals surface area contributed by atoms with Gasteiger partial charge in [-0.2, -0.15) is 13.5 Å². The van der Waals surface area contributed by atoms with Gasteiger partial charge >= 0.3 is 5.97 Å². The van der Waals surface area contributed by atoms with E-state index >= 15 is 0 Å². The fourth-order valence-electron chi connectivity index (χ4n) is 2.42. The van der Waals surface area contributed by atoms with Crippen molar-refractivity contribution >= 4 is 35.4 Å². The number of esters is 1. The number of aryl methyl sites for hydroxylation is 1. The van der Waals surface area contributed by atoms with Crippen LogP contribution in [0.2, 0.25) is 0 Å². The highest BCUT2D eigenvalue weighted by Gasteiger charge is 2.13. The van der Waals surface area contributed by atoms with Crippen LogP contribution in [-0.4, -0.2) is 24.8 Å². The van der Waals surface area contributed by atoms with Gasteiger partial charge in [-0.05, 0) is 35.7 Å². The second-order valence-corrected chi connectivity index (χ2v) is 6.12. The predicted octanol–water partition coefficient (Wildman–Crippen LogP) is 3.48. The summed E-state index contributed by atoms with van der Waals surface area (Å²) in [5, 5.41) is 13.0. The van der Waals surface area contributed by atoms with Crippen LogP contribution in [0.5, 0.6) is 0 Å². The highest BCUT2D eigenvalue weighted by atomic mass is 79.9. The fourth-order valence-corrected chi connectivity index (χ4v) is 2.94. The molecule has 0 aliphatic carbocycles. The average Bonchev–Trinajstić information content (AvgIpc) is 2.57. The van der Waals surface area contributed by atoms with Crippen molar-refractivity contribution in [3.05, 3.63) is 69.2 Å². The minimum Gasteiger partial charge on any atom is -0.465 e. The van der Waals surface area contributed by atoms with Gasteiger partial charge in [0.2, 0.25) is 0 Å². The van der Waals surface area contributed by atoms with E-state index < -0.39 is 0 Å². The molecule has 0 aromatic heterocycles. The molecule has 1 atom stereocenters. The quantitative estimate of drug-likeness (QED) is 0.714. The lowest BCUT2D eigenvalue weighted by atomic mass is 10.0. The Hall–Kier alpha value is -1.34. The van der Waals surface area contributed by atoms with Crippen LogP contribution in [0.15, 0.2) is 46.9 Å². The molecule has 2 aromatic carbocycles. The second-order valence-electron chi connectivity index (χ2n) is 5.27. The Morgan fingerprint density at radius 3 is 2.58 bits per heavy atom. The summed E-state index contributed by atoms with van der Waals surface area (Å²) >= 11 is 3.48. The van der Waals surface area contributed by atoms with Gasteiger partial charge in [-0.15, -0.1) is 0 Å². The molecular formula is C18H22BrNO3S. The molecule has 0 saturated heterocycles. The number of ether oxygens (including phenoxy) is 1. The lowest BCUT2D eigenvalue weighted by Crippen LogP contribution is -2.25. The first-order valence-corrected chi connectivity index (χ1v) is 8.12. The minimum atomic E-state index is -0.363. The molecule has 0 heterocycles. The number of hydrogen-bond donors (Lipinski definition) is 2. The largest absolute Gasteiger partial charge is 0.465 e. The molecule has 24 heavy (non-hydrogen) atoms. The van der Waals surface area contributed by atoms with Crippen molar-refractivity contribution in [2.45, 2.75) is 19.5 Å². The summed E-state index contributed by atoms with van der Waals surface area (Å²) in [4.78, 5) is 11.5. The van der Waals surface area contributed by atoms with E-state index in [0.29, 0.717) is 12.1 Å². The molecule has 0 bridgehead atoms. The summed E-state index contributed by atoms with van der Waals surface area (Å²) in [7, 11) is 1.36. The van der Waals surface area contributed by atoms with Crippen LogP contribution < -0.4 is 5.32 Å². The standard InChI is InChI=1S/C18H20BrNO3.H2S/c1-12-5-3-4-6-15(12)17(11-21)20-10-14-8-7-13(9-16(14)19)18(22)23-2;/h3-9,17,20-21H,10-11H2,1-2H3;1H2/t17-;/m1./s1. The van der Waals surface area contributed by atoms with Crippen molar-refractivity contribution in [3.8, 4) is 0 Å². The Morgan fingerprint density at radius 1 is 1.29 bits per heavy atom. The van der Waals surface area contributed by atoms with Gasteiger partial charge in [-0.1, -0.05) is 46.3 Å². The van der Waals surface area contributed by atoms with Crippen molar-refractivity contribution in [1.29, 1.82) is 0 Å². The molecule has 130 valence electrons. The Morgan fingerprint density at radius 2 is 2.00 bits per heavy atom. The van der Waals surface area contributed by atoms with E-state index in [0.717, 1.165) is 21.2 Å². The monoisotopic (exact) mass is 411 g/mol. The maximum absolute atomic E-state index is 11.5. The number of aliphatic hydroxyl groups excluding tert-OH is 1. The van der Waals surface area contributed by atoms with Crippen LogP contribution in [0.25, 0.3) is 0 Å². The van der Waals surface area contributed by atoms with Crippen molar-refractivity contribution in [1.82, 2.24) is 5.32 Å². The highest BCUT2D eigenvalue weighted by Crippen LogP contribution is 2.22. The first kappa shape index (κ1) is 20.7. The number of aliphatic hydroxyl groups is 1. The molecule has 0 aliphatic rings. The number of carbonyl (C=O) groups excluding carboxylic acids is 1. The third kappa shape index (κ3) is 5.08. The maximum Gasteiger partial charge on any atom is 0.337 e. The molecule has 2 aromatic rings. The van der Waals surface area contributed by atoms with Gasteiger partial charge in [-0.25, -0.2) is 4.79 Å². The Labute approximate surface area is 157 Å². The summed E-state index contributed by atoms with van der Waals surface area (Å²) in [5.41, 5.74) is 3.72. The van der Waals surface area contributed by atoms with E-state index in [1.165, 1.54) is 7.11 Å². The molecule has 0 unspecified atom stereocenters. The van der Waals surface area contributed by atoms with Crippen molar-refractivity contribution in [2.75, 3.05) is 13.7 Å². The summed E-state index contributed by atoms with van der Waals surface area (Å²) in [6.07, 6.45) is 0. The van der Waals surface area contributed by atoms with E-state index in [2.05, 4.69) is 21.2 Å². The Bertz CT molecular complexity index is 694. The Balaban J connectivity index is 0.00000288. The molecule has 0 amide bonds. The van der Waals surface area contributed by atoms with Crippen LogP contribution in [-0.2, 0) is 11.3 Å². The van der Waals surface area contributed by atoms with Gasteiger partial charge in [0.25, 0.3) is 0 Å². The van der Waals surface area contributed by atoms with E-state index in [-0.39, 0.29) is 32.1 Å². The van der Waals surface area contributed by atoms with Crippen molar-refractivity contribution in [3.63, 3.8) is 0 Å². The molecule has 2 N–H and O–H groups in total. The van der Waals surface area contributed by atoms with E-state index in [1.54, 1.807) is 12.1 Å². The number of hydrogen-bond acceptors (Lipinski definition) is 4. The molecule has 6 heteroatoms. The molecule has 2 rings (SSSR count). The SMILES string of the molecule is COC(=O)c1ccc(CN[C@H](CO)c2ccccc2C)c(Br)c1.S. The average molecular weight is 412 g/mol. The van der Waals surface area contributed by atoms with Crippen LogP contribution in [0.4, 0.5) is 0 Å². The zero-order valence-electron chi connectivity index (χ0n) is 13.7. The van der Waals surface area contributed by atoms with E-state index in [9.17, 15) is 9.90 Å². The molecule has 0 radical (unpaired) electrons. The molecule has 4 nitrogen and oxygen atoms in total. The Kier molecular flexibility index (Phi) is 8.48. The zero-order chi connectivity index (χ0) is 16.8. The first-order chi connectivity index (χ1) is 11.1. The third-order valence-corrected chi connectivity index (χ3v) is 4.50. The predicted molar refractivity (Wildman–Crippen MR) is 104 cm³/mol. The summed E-state index contributed by atoms with van der Waals surface area (Å²) in [6.45, 7) is 2.62. The van der Waals surface area contributed by atoms with Crippen LogP contribution >= 0.6 is 29.4 Å². The number of halogens is 1. The van der Waals surface area contributed by atoms with Crippen molar-refractivity contribution in [2.24, 2.45) is 0 Å². The van der Waals surface area contributed by atoms with Gasteiger partial charge in [0, 0.05) is 11.0 Å². The molecule has 0 aliphatic heterocycles. The van der Waals surface area contributed by atoms with Crippen LogP contribution in [0, 0.1) is 6.92 Å². The smallest absolute Gasteiger partial charge is 0.337 e. The minimum absolute atomic E-state index is 0. The maximum atomic E-state index is 11.5. The van der Waals surface area contributed by atoms with E-state index in [1.807, 2.05) is 37.3 Å². The van der Waals surface area contributed by atoms with Gasteiger partial charge in [0.15, 0.2) is 0 Å². The molecule has 0 saturated carbocycles. The molecule has 0 spiro atoms. The third-order valence-electron chi connectivity index (χ3n) is 3.76. The van der Waals surface area contributed by atoms with Gasteiger partial charge < -0.3 is 15.2 Å². The second kappa shape index (κ2) is 9.84. The number of carbonyl (C=O) groups is 1.